The molecule has 0 heterocycles. The van der Waals surface area contributed by atoms with E-state index in [0.29, 0.717) is 6.42 Å². The normalized spacial score (nSPS) is 15.1. The Hall–Kier alpha value is -1.26. The van der Waals surface area contributed by atoms with Crippen LogP contribution in [0, 0.1) is 5.92 Å². The Morgan fingerprint density at radius 3 is 2.19 bits per heavy atom. The lowest BCUT2D eigenvalue weighted by Gasteiger charge is -2.22. The highest BCUT2D eigenvalue weighted by Gasteiger charge is 2.20. The van der Waals surface area contributed by atoms with Crippen LogP contribution >= 0.6 is 0 Å². The lowest BCUT2D eigenvalue weighted by molar-refractivity contribution is -0.141. The number of aliphatic carboxylic acids is 1. The molecule has 0 aromatic heterocycles. The van der Waals surface area contributed by atoms with Crippen LogP contribution in [-0.4, -0.2) is 28.8 Å². The molecule has 0 fully saturated rings. The largest absolute Gasteiger partial charge is 0.481 e. The molecule has 94 valence electrons. The van der Waals surface area contributed by atoms with Crippen molar-refractivity contribution in [2.24, 2.45) is 5.92 Å². The summed E-state index contributed by atoms with van der Waals surface area (Å²) in [6.07, 6.45) is -0.133. The molecule has 0 spiro atoms. The van der Waals surface area contributed by atoms with Gasteiger partial charge in [0, 0.05) is 6.04 Å². The minimum absolute atomic E-state index is 0.221. The van der Waals surface area contributed by atoms with E-state index in [2.05, 4.69) is 5.32 Å². The van der Waals surface area contributed by atoms with Gasteiger partial charge in [-0.25, -0.2) is 4.79 Å². The van der Waals surface area contributed by atoms with Crippen molar-refractivity contribution in [2.75, 3.05) is 0 Å². The summed E-state index contributed by atoms with van der Waals surface area (Å²) in [6.45, 7) is 8.68. The van der Waals surface area contributed by atoms with Gasteiger partial charge >= 0.3 is 12.1 Å². The van der Waals surface area contributed by atoms with Crippen molar-refractivity contribution >= 4 is 12.1 Å². The minimum Gasteiger partial charge on any atom is -0.481 e. The van der Waals surface area contributed by atoms with Gasteiger partial charge in [-0.2, -0.15) is 0 Å². The van der Waals surface area contributed by atoms with Gasteiger partial charge in [0.15, 0.2) is 0 Å². The Morgan fingerprint density at radius 2 is 1.81 bits per heavy atom. The van der Waals surface area contributed by atoms with Gasteiger partial charge in [0.1, 0.15) is 5.60 Å². The zero-order chi connectivity index (χ0) is 12.9. The topological polar surface area (TPSA) is 75.6 Å². The molecule has 5 nitrogen and oxygen atoms in total. The molecule has 0 saturated heterocycles. The van der Waals surface area contributed by atoms with E-state index in [0.717, 1.165) is 0 Å². The lowest BCUT2D eigenvalue weighted by atomic mass is 10.0. The van der Waals surface area contributed by atoms with Crippen molar-refractivity contribution < 1.29 is 19.4 Å². The monoisotopic (exact) mass is 231 g/mol. The summed E-state index contributed by atoms with van der Waals surface area (Å²) < 4.78 is 5.05. The number of hydrogen-bond donors (Lipinski definition) is 2. The second-order valence-electron chi connectivity index (χ2n) is 5.02. The van der Waals surface area contributed by atoms with E-state index in [1.807, 2.05) is 0 Å². The first-order valence-electron chi connectivity index (χ1n) is 5.34. The predicted octanol–water partition coefficient (Wildman–Crippen LogP) is 2.01. The van der Waals surface area contributed by atoms with Crippen LogP contribution < -0.4 is 5.32 Å². The average Bonchev–Trinajstić information content (AvgIpc) is 1.98. The lowest BCUT2D eigenvalue weighted by Crippen LogP contribution is -2.38. The summed E-state index contributed by atoms with van der Waals surface area (Å²) in [5.41, 5.74) is -0.539. The molecule has 0 aliphatic rings. The SMILES string of the molecule is C[C@@H](C[C@H](C)C(=O)O)NC(=O)OC(C)(C)C. The number of carboxylic acids is 1. The number of alkyl carbamates (subject to hydrolysis) is 1. The number of carboxylic acid groups (broad SMARTS) is 1. The molecule has 16 heavy (non-hydrogen) atoms. The van der Waals surface area contributed by atoms with Crippen LogP contribution in [0.2, 0.25) is 0 Å². The molecule has 0 radical (unpaired) electrons. The van der Waals surface area contributed by atoms with E-state index in [1.54, 1.807) is 34.6 Å². The van der Waals surface area contributed by atoms with Gasteiger partial charge in [-0.05, 0) is 34.1 Å². The van der Waals surface area contributed by atoms with Crippen molar-refractivity contribution in [2.45, 2.75) is 52.7 Å². The second kappa shape index (κ2) is 5.72. The molecule has 5 heteroatoms. The molecule has 0 saturated carbocycles. The van der Waals surface area contributed by atoms with Gasteiger partial charge in [-0.15, -0.1) is 0 Å². The van der Waals surface area contributed by atoms with E-state index >= 15 is 0 Å². The van der Waals surface area contributed by atoms with E-state index in [4.69, 9.17) is 9.84 Å². The quantitative estimate of drug-likeness (QED) is 0.776. The molecule has 0 aromatic rings. The van der Waals surface area contributed by atoms with Gasteiger partial charge in [-0.3, -0.25) is 4.79 Å². The standard InChI is InChI=1S/C11H21NO4/c1-7(9(13)14)6-8(2)12-10(15)16-11(3,4)5/h7-8H,6H2,1-5H3,(H,12,15)(H,13,14)/t7-,8-/m0/s1. The summed E-state index contributed by atoms with van der Waals surface area (Å²) in [5, 5.41) is 11.3. The Balaban J connectivity index is 4.01. The highest BCUT2D eigenvalue weighted by molar-refractivity contribution is 5.70. The smallest absolute Gasteiger partial charge is 0.407 e. The summed E-state index contributed by atoms with van der Waals surface area (Å²) in [6, 6.07) is -0.221. The van der Waals surface area contributed by atoms with Gasteiger partial charge in [0.2, 0.25) is 0 Å². The second-order valence-corrected chi connectivity index (χ2v) is 5.02. The van der Waals surface area contributed by atoms with Gasteiger partial charge in [0.05, 0.1) is 5.92 Å². The van der Waals surface area contributed by atoms with Gasteiger partial charge in [0.25, 0.3) is 0 Å². The number of carbonyl (C=O) groups is 2. The van der Waals surface area contributed by atoms with Gasteiger partial charge in [-0.1, -0.05) is 6.92 Å². The minimum atomic E-state index is -0.863. The van der Waals surface area contributed by atoms with Crippen molar-refractivity contribution in [1.29, 1.82) is 0 Å². The molecule has 0 aliphatic carbocycles. The Labute approximate surface area is 96.2 Å². The van der Waals surface area contributed by atoms with Crippen LogP contribution in [0.1, 0.15) is 41.0 Å². The highest BCUT2D eigenvalue weighted by Crippen LogP contribution is 2.09. The summed E-state index contributed by atoms with van der Waals surface area (Å²) in [5.74, 6) is -1.34. The first-order chi connectivity index (χ1) is 7.11. The Morgan fingerprint density at radius 1 is 1.31 bits per heavy atom. The first kappa shape index (κ1) is 14.7. The maximum absolute atomic E-state index is 11.3. The van der Waals surface area contributed by atoms with Crippen LogP contribution in [0.4, 0.5) is 4.79 Å². The fraction of sp³-hybridized carbons (Fsp3) is 0.818. The first-order valence-corrected chi connectivity index (χ1v) is 5.34. The predicted molar refractivity (Wildman–Crippen MR) is 60.2 cm³/mol. The molecule has 0 aliphatic heterocycles. The summed E-state index contributed by atoms with van der Waals surface area (Å²) in [7, 11) is 0. The average molecular weight is 231 g/mol. The third-order valence-corrected chi connectivity index (χ3v) is 1.89. The van der Waals surface area contributed by atoms with Crippen molar-refractivity contribution in [3.05, 3.63) is 0 Å². The number of nitrogens with one attached hydrogen (secondary N) is 1. The molecular formula is C11H21NO4. The van der Waals surface area contributed by atoms with Crippen LogP contribution in [0.5, 0.6) is 0 Å². The summed E-state index contributed by atoms with van der Waals surface area (Å²) in [4.78, 5) is 21.9. The fourth-order valence-electron chi connectivity index (χ4n) is 1.20. The maximum atomic E-state index is 11.3. The van der Waals surface area contributed by atoms with Crippen LogP contribution in [0.3, 0.4) is 0 Å². The van der Waals surface area contributed by atoms with Crippen molar-refractivity contribution in [3.8, 4) is 0 Å². The molecule has 1 amide bonds. The number of carbonyl (C=O) groups excluding carboxylic acids is 1. The molecule has 0 aromatic carbocycles. The number of amides is 1. The molecule has 2 atom stereocenters. The van der Waals surface area contributed by atoms with Crippen LogP contribution in [0.15, 0.2) is 0 Å². The van der Waals surface area contributed by atoms with Gasteiger partial charge < -0.3 is 15.2 Å². The van der Waals surface area contributed by atoms with Crippen molar-refractivity contribution in [1.82, 2.24) is 5.32 Å². The zero-order valence-electron chi connectivity index (χ0n) is 10.5. The Kier molecular flexibility index (Phi) is 5.27. The van der Waals surface area contributed by atoms with E-state index in [9.17, 15) is 9.59 Å². The Bertz CT molecular complexity index is 257. The van der Waals surface area contributed by atoms with E-state index in [-0.39, 0.29) is 6.04 Å². The molecular weight excluding hydrogens is 210 g/mol. The zero-order valence-corrected chi connectivity index (χ0v) is 10.5. The molecule has 0 bridgehead atoms. The number of ether oxygens (including phenoxy) is 1. The highest BCUT2D eigenvalue weighted by atomic mass is 16.6. The third kappa shape index (κ3) is 7.09. The molecule has 0 rings (SSSR count). The van der Waals surface area contributed by atoms with E-state index in [1.165, 1.54) is 0 Å². The van der Waals surface area contributed by atoms with Crippen molar-refractivity contribution in [3.63, 3.8) is 0 Å². The van der Waals surface area contributed by atoms with E-state index < -0.39 is 23.6 Å². The molecule has 2 N–H and O–H groups in total. The molecule has 0 unspecified atom stereocenters. The van der Waals surface area contributed by atoms with Crippen LogP contribution in [-0.2, 0) is 9.53 Å². The summed E-state index contributed by atoms with van der Waals surface area (Å²) >= 11 is 0. The number of hydrogen-bond acceptors (Lipinski definition) is 3. The fourth-order valence-corrected chi connectivity index (χ4v) is 1.20. The number of rotatable bonds is 4. The maximum Gasteiger partial charge on any atom is 0.407 e. The third-order valence-electron chi connectivity index (χ3n) is 1.89. The van der Waals surface area contributed by atoms with Crippen LogP contribution in [0.25, 0.3) is 0 Å².